The molecule has 0 aliphatic carbocycles. The van der Waals surface area contributed by atoms with Gasteiger partial charge in [0.1, 0.15) is 6.61 Å². The van der Waals surface area contributed by atoms with Crippen LogP contribution in [0.15, 0.2) is 47.6 Å². The van der Waals surface area contributed by atoms with Crippen LogP contribution in [0.2, 0.25) is 0 Å². The fraction of sp³-hybridized carbons (Fsp3) is 0.370. The molecule has 1 amide bonds. The molecule has 0 fully saturated rings. The van der Waals surface area contributed by atoms with Crippen molar-refractivity contribution >= 4 is 22.1 Å². The molecule has 0 aromatic heterocycles. The first-order chi connectivity index (χ1) is 15.8. The van der Waals surface area contributed by atoms with Crippen molar-refractivity contribution in [2.45, 2.75) is 54.5 Å². The minimum atomic E-state index is -3.74. The maximum Gasteiger partial charge on any atom is 0.306 e. The van der Waals surface area contributed by atoms with E-state index in [1.807, 2.05) is 71.9 Å². The average Bonchev–Trinajstić information content (AvgIpc) is 2.69. The van der Waals surface area contributed by atoms with E-state index in [0.717, 1.165) is 39.6 Å². The van der Waals surface area contributed by atoms with Gasteiger partial charge in [0, 0.05) is 11.6 Å². The van der Waals surface area contributed by atoms with Crippen LogP contribution in [0.5, 0.6) is 11.5 Å². The molecule has 0 unspecified atom stereocenters. The molecule has 6 nitrogen and oxygen atoms in total. The van der Waals surface area contributed by atoms with E-state index >= 15 is 0 Å². The van der Waals surface area contributed by atoms with Crippen LogP contribution in [0.3, 0.4) is 0 Å². The largest absolute Gasteiger partial charge is 0.486 e. The van der Waals surface area contributed by atoms with Gasteiger partial charge in [0.15, 0.2) is 11.5 Å². The maximum absolute atomic E-state index is 12.3. The van der Waals surface area contributed by atoms with Gasteiger partial charge in [-0.15, -0.1) is 0 Å². The number of carbonyl (C=O) groups excluding carboxylic acids is 1. The van der Waals surface area contributed by atoms with Crippen LogP contribution in [0.1, 0.15) is 51.3 Å². The zero-order chi connectivity index (χ0) is 25.6. The minimum absolute atomic E-state index is 0.0679. The summed E-state index contributed by atoms with van der Waals surface area (Å²) in [5, 5.41) is 2.90. The fourth-order valence-corrected chi connectivity index (χ4v) is 3.76. The number of hydrogen-bond acceptors (Lipinski definition) is 5. The first-order valence-corrected chi connectivity index (χ1v) is 13.0. The van der Waals surface area contributed by atoms with Gasteiger partial charge in [-0.25, -0.2) is 0 Å². The second-order valence-corrected chi connectivity index (χ2v) is 10.6. The molecule has 1 N–H and O–H groups in total. The molecule has 0 atom stereocenters. The van der Waals surface area contributed by atoms with Gasteiger partial charge in [0.05, 0.1) is 6.26 Å². The average molecular weight is 486 g/mol. The van der Waals surface area contributed by atoms with E-state index in [4.69, 9.17) is 8.92 Å². The van der Waals surface area contributed by atoms with Crippen molar-refractivity contribution in [1.82, 2.24) is 5.32 Å². The summed E-state index contributed by atoms with van der Waals surface area (Å²) in [6, 6.07) is 9.39. The van der Waals surface area contributed by atoms with Gasteiger partial charge in [-0.05, 0) is 101 Å². The fourth-order valence-electron chi connectivity index (χ4n) is 3.30. The highest BCUT2D eigenvalue weighted by Gasteiger charge is 2.15. The molecule has 2 aromatic rings. The van der Waals surface area contributed by atoms with Gasteiger partial charge in [-0.1, -0.05) is 23.8 Å². The number of benzene rings is 2. The highest BCUT2D eigenvalue weighted by Crippen LogP contribution is 2.36. The van der Waals surface area contributed by atoms with Gasteiger partial charge in [0.2, 0.25) is 5.91 Å². The summed E-state index contributed by atoms with van der Waals surface area (Å²) in [5.41, 5.74) is 6.40. The number of amides is 1. The number of allylic oxidation sites excluding steroid dienone is 1. The van der Waals surface area contributed by atoms with Crippen LogP contribution >= 0.6 is 0 Å². The van der Waals surface area contributed by atoms with Crippen LogP contribution in [0.4, 0.5) is 0 Å². The van der Waals surface area contributed by atoms with Crippen LogP contribution in [-0.4, -0.2) is 33.2 Å². The zero-order valence-electron chi connectivity index (χ0n) is 21.3. The lowest BCUT2D eigenvalue weighted by atomic mass is 9.94. The van der Waals surface area contributed by atoms with E-state index in [1.54, 1.807) is 19.1 Å². The summed E-state index contributed by atoms with van der Waals surface area (Å²) in [7, 11) is -3.74. The van der Waals surface area contributed by atoms with Crippen molar-refractivity contribution in [1.29, 1.82) is 0 Å². The molecule has 34 heavy (non-hydrogen) atoms. The molecule has 0 aliphatic heterocycles. The molecule has 0 bridgehead atoms. The molecule has 0 saturated heterocycles. The van der Waals surface area contributed by atoms with E-state index in [-0.39, 0.29) is 17.7 Å². The molecule has 0 saturated carbocycles. The first kappa shape index (κ1) is 27.2. The number of ether oxygens (including phenoxy) is 1. The Labute approximate surface area is 203 Å². The summed E-state index contributed by atoms with van der Waals surface area (Å²) in [6.45, 7) is 13.8. The smallest absolute Gasteiger partial charge is 0.306 e. The Morgan fingerprint density at radius 3 is 2.29 bits per heavy atom. The van der Waals surface area contributed by atoms with E-state index in [1.165, 1.54) is 0 Å². The second kappa shape index (κ2) is 11.4. The van der Waals surface area contributed by atoms with Crippen LogP contribution < -0.4 is 14.2 Å². The molecule has 0 heterocycles. The molecule has 2 rings (SSSR count). The molecule has 0 spiro atoms. The van der Waals surface area contributed by atoms with Crippen molar-refractivity contribution in [3.05, 3.63) is 64.2 Å². The third-order valence-corrected chi connectivity index (χ3v) is 5.47. The number of nitrogens with one attached hydrogen (secondary N) is 1. The lowest BCUT2D eigenvalue weighted by molar-refractivity contribution is -0.117. The van der Waals surface area contributed by atoms with Gasteiger partial charge < -0.3 is 14.2 Å². The summed E-state index contributed by atoms with van der Waals surface area (Å²) < 4.78 is 34.7. The zero-order valence-corrected chi connectivity index (χ0v) is 22.1. The molecule has 2 aromatic carbocycles. The topological polar surface area (TPSA) is 81.7 Å². The molecule has 0 aliphatic rings. The van der Waals surface area contributed by atoms with Gasteiger partial charge in [0.25, 0.3) is 0 Å². The predicted molar refractivity (Wildman–Crippen MR) is 139 cm³/mol. The van der Waals surface area contributed by atoms with E-state index in [0.29, 0.717) is 17.9 Å². The third-order valence-electron chi connectivity index (χ3n) is 4.99. The van der Waals surface area contributed by atoms with Crippen molar-refractivity contribution in [2.75, 3.05) is 12.9 Å². The van der Waals surface area contributed by atoms with Gasteiger partial charge in [-0.3, -0.25) is 4.79 Å². The summed E-state index contributed by atoms with van der Waals surface area (Å²) in [4.78, 5) is 12.3. The molecule has 184 valence electrons. The molecular weight excluding hydrogens is 450 g/mol. The van der Waals surface area contributed by atoms with Crippen LogP contribution in [-0.2, 0) is 14.9 Å². The predicted octanol–water partition coefficient (Wildman–Crippen LogP) is 5.58. The second-order valence-electron chi connectivity index (χ2n) is 9.02. The Hall–Kier alpha value is -3.06. The van der Waals surface area contributed by atoms with Crippen LogP contribution in [0.25, 0.3) is 17.2 Å². The van der Waals surface area contributed by atoms with Crippen molar-refractivity contribution in [2.24, 2.45) is 0 Å². The van der Waals surface area contributed by atoms with Crippen molar-refractivity contribution < 1.29 is 22.1 Å². The standard InChI is InChI=1S/C27H35NO5S/c1-17(2)11-12-32-25-10-9-22(16-26(25)33-34(8,30)31)24-15-19(5)23(13-20(24)6)14-21(7)27(29)28-18(3)4/h9-11,13-16,18H,12H2,1-8H3,(H,28,29)/b21-14+. The monoisotopic (exact) mass is 485 g/mol. The van der Waals surface area contributed by atoms with E-state index in [2.05, 4.69) is 5.32 Å². The van der Waals surface area contributed by atoms with E-state index < -0.39 is 10.1 Å². The van der Waals surface area contributed by atoms with Crippen LogP contribution in [0, 0.1) is 13.8 Å². The van der Waals surface area contributed by atoms with Crippen molar-refractivity contribution in [3.63, 3.8) is 0 Å². The number of carbonyl (C=O) groups is 1. The molecule has 7 heteroatoms. The Morgan fingerprint density at radius 1 is 1.03 bits per heavy atom. The molecule has 0 radical (unpaired) electrons. The maximum atomic E-state index is 12.3. The minimum Gasteiger partial charge on any atom is -0.486 e. The Morgan fingerprint density at radius 2 is 1.71 bits per heavy atom. The summed E-state index contributed by atoms with van der Waals surface area (Å²) >= 11 is 0. The lowest BCUT2D eigenvalue weighted by Gasteiger charge is -2.15. The summed E-state index contributed by atoms with van der Waals surface area (Å²) in [5.74, 6) is 0.402. The normalized spacial score (nSPS) is 11.9. The third kappa shape index (κ3) is 8.06. The summed E-state index contributed by atoms with van der Waals surface area (Å²) in [6.07, 6.45) is 4.79. The SMILES string of the molecule is CC(C)=CCOc1ccc(-c2cc(C)c(/C=C(\C)C(=O)NC(C)C)cc2C)cc1OS(C)(=O)=O. The Bertz CT molecular complexity index is 1220. The number of rotatable bonds is 9. The van der Waals surface area contributed by atoms with Gasteiger partial charge >= 0.3 is 10.1 Å². The van der Waals surface area contributed by atoms with E-state index in [9.17, 15) is 13.2 Å². The number of hydrogen-bond donors (Lipinski definition) is 1. The van der Waals surface area contributed by atoms with Gasteiger partial charge in [-0.2, -0.15) is 8.42 Å². The number of aryl methyl sites for hydroxylation is 2. The highest BCUT2D eigenvalue weighted by atomic mass is 32.2. The van der Waals surface area contributed by atoms with Crippen molar-refractivity contribution in [3.8, 4) is 22.6 Å². The first-order valence-electron chi connectivity index (χ1n) is 11.2. The Kier molecular flexibility index (Phi) is 9.10. The lowest BCUT2D eigenvalue weighted by Crippen LogP contribution is -2.30. The highest BCUT2D eigenvalue weighted by molar-refractivity contribution is 7.86. The quantitative estimate of drug-likeness (QED) is 0.285. The Balaban J connectivity index is 2.46. The molecular formula is C27H35NO5S.